The maximum absolute atomic E-state index is 14.4. The first-order valence-corrected chi connectivity index (χ1v) is 9.34. The summed E-state index contributed by atoms with van der Waals surface area (Å²) in [4.78, 5) is 0. The Kier molecular flexibility index (Phi) is 5.04. The van der Waals surface area contributed by atoms with Gasteiger partial charge in [0.15, 0.2) is 0 Å². The molecule has 0 unspecified atom stereocenters. The molecule has 0 saturated heterocycles. The highest BCUT2D eigenvalue weighted by atomic mass is 32.2. The molecule has 0 amide bonds. The normalized spacial score (nSPS) is 19.9. The number of hydrogen-bond acceptors (Lipinski definition) is 4. The van der Waals surface area contributed by atoms with Crippen molar-refractivity contribution in [2.24, 2.45) is 5.92 Å². The predicted octanol–water partition coefficient (Wildman–Crippen LogP) is 3.37. The van der Waals surface area contributed by atoms with E-state index in [0.717, 1.165) is 11.6 Å². The lowest BCUT2D eigenvalue weighted by molar-refractivity contribution is -0.0429. The highest BCUT2D eigenvalue weighted by molar-refractivity contribution is 7.93. The molecule has 5 nitrogen and oxygen atoms in total. The van der Waals surface area contributed by atoms with Crippen LogP contribution in [-0.4, -0.2) is 25.6 Å². The molecule has 1 heterocycles. The van der Waals surface area contributed by atoms with E-state index in [-0.39, 0.29) is 17.9 Å². The third-order valence-corrected chi connectivity index (χ3v) is 5.30. The van der Waals surface area contributed by atoms with Crippen LogP contribution in [0.15, 0.2) is 42.5 Å². The van der Waals surface area contributed by atoms with Crippen LogP contribution in [0.2, 0.25) is 0 Å². The Labute approximate surface area is 152 Å². The Hall–Kier alpha value is -2.33. The van der Waals surface area contributed by atoms with Crippen LogP contribution in [0.1, 0.15) is 17.2 Å². The van der Waals surface area contributed by atoms with Gasteiger partial charge in [-0.1, -0.05) is 30.3 Å². The van der Waals surface area contributed by atoms with Crippen LogP contribution in [0.4, 0.5) is 23.2 Å². The molecule has 27 heavy (non-hydrogen) atoms. The van der Waals surface area contributed by atoms with Crippen molar-refractivity contribution in [2.75, 3.05) is 11.3 Å². The number of sulfonamides is 1. The average Bonchev–Trinajstić information content (AvgIpc) is 2.56. The molecule has 0 aromatic heterocycles. The van der Waals surface area contributed by atoms with Crippen LogP contribution in [-0.2, 0) is 16.4 Å². The second-order valence-electron chi connectivity index (χ2n) is 6.13. The first-order valence-electron chi connectivity index (χ1n) is 7.86. The Bertz CT molecular complexity index is 932. The zero-order chi connectivity index (χ0) is 19.8. The molecule has 0 saturated carbocycles. The van der Waals surface area contributed by atoms with E-state index >= 15 is 0 Å². The van der Waals surface area contributed by atoms with Gasteiger partial charge in [0.2, 0.25) is 0 Å². The molecule has 3 rings (SSSR count). The number of hydrogen-bond donors (Lipinski definition) is 2. The summed E-state index contributed by atoms with van der Waals surface area (Å²) in [5.41, 5.74) is -5.49. The van der Waals surface area contributed by atoms with Crippen LogP contribution in [0.25, 0.3) is 0 Å². The van der Waals surface area contributed by atoms with Crippen molar-refractivity contribution in [2.45, 2.75) is 18.0 Å². The van der Waals surface area contributed by atoms with Gasteiger partial charge in [0.1, 0.15) is 11.6 Å². The van der Waals surface area contributed by atoms with Crippen LogP contribution >= 0.6 is 0 Å². The number of benzene rings is 2. The minimum atomic E-state index is -5.69. The second kappa shape index (κ2) is 7.01. The van der Waals surface area contributed by atoms with Gasteiger partial charge in [-0.3, -0.25) is 4.72 Å². The number of rotatable bonds is 4. The fourth-order valence-corrected chi connectivity index (χ4v) is 3.43. The SMILES string of the molecule is O=S(=O)(Nc1cc(F)c2c(c1)OC[C@H](Cc1ccccc1)[C@H]2O)C(F)(F)F. The molecule has 0 fully saturated rings. The van der Waals surface area contributed by atoms with Gasteiger partial charge < -0.3 is 9.84 Å². The molecule has 2 aromatic carbocycles. The van der Waals surface area contributed by atoms with Gasteiger partial charge in [0.25, 0.3) is 0 Å². The maximum atomic E-state index is 14.4. The number of fused-ring (bicyclic) bond motifs is 1. The minimum Gasteiger partial charge on any atom is -0.493 e. The van der Waals surface area contributed by atoms with E-state index in [1.165, 1.54) is 4.72 Å². The van der Waals surface area contributed by atoms with E-state index in [2.05, 4.69) is 0 Å². The van der Waals surface area contributed by atoms with Crippen molar-refractivity contribution in [3.63, 3.8) is 0 Å². The summed E-state index contributed by atoms with van der Waals surface area (Å²) in [6, 6.07) is 10.7. The Morgan fingerprint density at radius 1 is 1.19 bits per heavy atom. The van der Waals surface area contributed by atoms with Gasteiger partial charge in [-0.15, -0.1) is 0 Å². The van der Waals surface area contributed by atoms with E-state index < -0.39 is 39.1 Å². The number of aliphatic hydroxyl groups excluding tert-OH is 1. The molecule has 1 aliphatic heterocycles. The minimum absolute atomic E-state index is 0.00201. The summed E-state index contributed by atoms with van der Waals surface area (Å²) < 4.78 is 80.8. The van der Waals surface area contributed by atoms with Gasteiger partial charge in [-0.2, -0.15) is 21.6 Å². The lowest BCUT2D eigenvalue weighted by Crippen LogP contribution is -2.31. The van der Waals surface area contributed by atoms with E-state index in [1.54, 1.807) is 0 Å². The van der Waals surface area contributed by atoms with Crippen molar-refractivity contribution in [3.8, 4) is 5.75 Å². The molecule has 1 aliphatic rings. The first kappa shape index (κ1) is 19.4. The zero-order valence-electron chi connectivity index (χ0n) is 13.7. The Balaban J connectivity index is 1.85. The van der Waals surface area contributed by atoms with Gasteiger partial charge >= 0.3 is 15.5 Å². The topological polar surface area (TPSA) is 75.6 Å². The fourth-order valence-electron chi connectivity index (χ4n) is 2.88. The summed E-state index contributed by atoms with van der Waals surface area (Å²) in [7, 11) is -5.69. The molecule has 10 heteroatoms. The highest BCUT2D eigenvalue weighted by Gasteiger charge is 2.46. The molecule has 2 N–H and O–H groups in total. The molecular weight excluding hydrogens is 390 g/mol. The molecule has 0 aliphatic carbocycles. The smallest absolute Gasteiger partial charge is 0.493 e. The lowest BCUT2D eigenvalue weighted by Gasteiger charge is -2.31. The predicted molar refractivity (Wildman–Crippen MR) is 89.1 cm³/mol. The standard InChI is InChI=1S/C17H15F4NO4S/c18-13-7-12(22-27(24,25)17(19,20)21)8-14-15(13)16(23)11(9-26-14)6-10-4-2-1-3-5-10/h1-5,7-8,11,16,22-23H,6,9H2/t11-,16+/m0/s1. The Morgan fingerprint density at radius 3 is 2.48 bits per heavy atom. The lowest BCUT2D eigenvalue weighted by atomic mass is 9.88. The van der Waals surface area contributed by atoms with Crippen LogP contribution < -0.4 is 9.46 Å². The molecule has 2 aromatic rings. The number of nitrogens with one attached hydrogen (secondary N) is 1. The number of anilines is 1. The van der Waals surface area contributed by atoms with Crippen molar-refractivity contribution in [3.05, 3.63) is 59.4 Å². The van der Waals surface area contributed by atoms with E-state index in [4.69, 9.17) is 4.74 Å². The third-order valence-electron chi connectivity index (χ3n) is 4.18. The molecule has 0 radical (unpaired) electrons. The van der Waals surface area contributed by atoms with Crippen LogP contribution in [0, 0.1) is 11.7 Å². The molecule has 0 bridgehead atoms. The summed E-state index contributed by atoms with van der Waals surface area (Å²) in [6.45, 7) is -0.00201. The molecular formula is C17H15F4NO4S. The van der Waals surface area contributed by atoms with Crippen molar-refractivity contribution in [1.82, 2.24) is 0 Å². The molecule has 0 spiro atoms. The van der Waals surface area contributed by atoms with E-state index in [1.807, 2.05) is 30.3 Å². The number of alkyl halides is 3. The number of ether oxygens (including phenoxy) is 1. The molecule has 146 valence electrons. The average molecular weight is 405 g/mol. The quantitative estimate of drug-likeness (QED) is 0.765. The van der Waals surface area contributed by atoms with Gasteiger partial charge in [0.05, 0.1) is 24.0 Å². The van der Waals surface area contributed by atoms with E-state index in [0.29, 0.717) is 12.5 Å². The summed E-state index contributed by atoms with van der Waals surface area (Å²) >= 11 is 0. The maximum Gasteiger partial charge on any atom is 0.516 e. The van der Waals surface area contributed by atoms with Crippen LogP contribution in [0.3, 0.4) is 0 Å². The van der Waals surface area contributed by atoms with Gasteiger partial charge in [0, 0.05) is 12.0 Å². The van der Waals surface area contributed by atoms with Gasteiger partial charge in [-0.25, -0.2) is 4.39 Å². The fraction of sp³-hybridized carbons (Fsp3) is 0.294. The van der Waals surface area contributed by atoms with Crippen LogP contribution in [0.5, 0.6) is 5.75 Å². The monoisotopic (exact) mass is 405 g/mol. The van der Waals surface area contributed by atoms with Gasteiger partial charge in [-0.05, 0) is 18.1 Å². The summed E-state index contributed by atoms with van der Waals surface area (Å²) in [6.07, 6.45) is -0.842. The van der Waals surface area contributed by atoms with E-state index in [9.17, 15) is 31.1 Å². The third kappa shape index (κ3) is 4.01. The largest absolute Gasteiger partial charge is 0.516 e. The van der Waals surface area contributed by atoms with Crippen molar-refractivity contribution >= 4 is 15.7 Å². The van der Waals surface area contributed by atoms with Crippen molar-refractivity contribution in [1.29, 1.82) is 0 Å². The summed E-state index contributed by atoms with van der Waals surface area (Å²) in [5, 5.41) is 10.5. The second-order valence-corrected chi connectivity index (χ2v) is 7.80. The van der Waals surface area contributed by atoms with Crippen molar-refractivity contribution < 1.29 is 35.8 Å². The Morgan fingerprint density at radius 2 is 1.85 bits per heavy atom. The highest BCUT2D eigenvalue weighted by Crippen LogP contribution is 2.41. The zero-order valence-corrected chi connectivity index (χ0v) is 14.5. The molecule has 2 atom stereocenters. The number of aliphatic hydroxyl groups is 1. The summed E-state index contributed by atoms with van der Waals surface area (Å²) in [5.74, 6) is -1.73. The first-order chi connectivity index (χ1) is 12.6. The number of halogens is 4.